The maximum atomic E-state index is 12.7. The van der Waals surface area contributed by atoms with Gasteiger partial charge in [-0.05, 0) is 36.8 Å². The van der Waals surface area contributed by atoms with Crippen LogP contribution in [-0.4, -0.2) is 56.3 Å². The molecule has 0 radical (unpaired) electrons. The Kier molecular flexibility index (Phi) is 6.72. The molecule has 1 aliphatic rings. The Morgan fingerprint density at radius 2 is 1.64 bits per heavy atom. The van der Waals surface area contributed by atoms with Gasteiger partial charge in [0.1, 0.15) is 0 Å². The van der Waals surface area contributed by atoms with Gasteiger partial charge in [-0.25, -0.2) is 8.42 Å². The predicted octanol–water partition coefficient (Wildman–Crippen LogP) is 2.52. The Morgan fingerprint density at radius 1 is 1.04 bits per heavy atom. The van der Waals surface area contributed by atoms with Crippen molar-refractivity contribution in [3.05, 3.63) is 65.2 Å². The van der Waals surface area contributed by atoms with Crippen LogP contribution < -0.4 is 5.32 Å². The lowest BCUT2D eigenvalue weighted by Crippen LogP contribution is -2.51. The molecule has 1 fully saturated rings. The largest absolute Gasteiger partial charge is 0.348 e. The number of benzene rings is 2. The fraction of sp³-hybridized carbons (Fsp3) is 0.350. The maximum Gasteiger partial charge on any atom is 0.243 e. The number of nitrogens with one attached hydrogen (secondary N) is 1. The van der Waals surface area contributed by atoms with Gasteiger partial charge in [-0.2, -0.15) is 4.31 Å². The van der Waals surface area contributed by atoms with E-state index in [9.17, 15) is 13.2 Å². The van der Waals surface area contributed by atoms with Crippen LogP contribution >= 0.6 is 11.6 Å². The van der Waals surface area contributed by atoms with Crippen molar-refractivity contribution in [3.8, 4) is 0 Å². The molecule has 1 saturated heterocycles. The van der Waals surface area contributed by atoms with Crippen molar-refractivity contribution >= 4 is 27.5 Å². The third kappa shape index (κ3) is 5.11. The molecule has 8 heteroatoms. The third-order valence-electron chi connectivity index (χ3n) is 4.83. The number of halogens is 1. The van der Waals surface area contributed by atoms with Gasteiger partial charge in [0, 0.05) is 31.2 Å². The number of hydrogen-bond acceptors (Lipinski definition) is 4. The highest BCUT2D eigenvalue weighted by Crippen LogP contribution is 2.20. The minimum absolute atomic E-state index is 0.0645. The van der Waals surface area contributed by atoms with E-state index in [4.69, 9.17) is 11.6 Å². The van der Waals surface area contributed by atoms with E-state index in [0.29, 0.717) is 31.2 Å². The van der Waals surface area contributed by atoms with Crippen molar-refractivity contribution in [2.75, 3.05) is 32.7 Å². The van der Waals surface area contributed by atoms with Crippen molar-refractivity contribution in [2.45, 2.75) is 17.9 Å². The van der Waals surface area contributed by atoms with Gasteiger partial charge >= 0.3 is 0 Å². The van der Waals surface area contributed by atoms with Gasteiger partial charge in [0.2, 0.25) is 15.9 Å². The normalized spacial score (nSPS) is 17.2. The second-order valence-corrected chi connectivity index (χ2v) is 9.21. The highest BCUT2D eigenvalue weighted by molar-refractivity contribution is 7.89. The average Bonchev–Trinajstić information content (AvgIpc) is 2.69. The molecule has 1 unspecified atom stereocenters. The van der Waals surface area contributed by atoms with Crippen molar-refractivity contribution in [1.82, 2.24) is 14.5 Å². The minimum atomic E-state index is -3.54. The first-order valence-corrected chi connectivity index (χ1v) is 11.0. The van der Waals surface area contributed by atoms with Crippen LogP contribution in [0.15, 0.2) is 59.5 Å². The van der Waals surface area contributed by atoms with Gasteiger partial charge in [0.05, 0.1) is 17.5 Å². The molecule has 0 saturated carbocycles. The summed E-state index contributed by atoms with van der Waals surface area (Å²) in [6.45, 7) is 3.94. The molecular formula is C20H24ClN3O3S. The van der Waals surface area contributed by atoms with Gasteiger partial charge in [-0.1, -0.05) is 41.9 Å². The summed E-state index contributed by atoms with van der Waals surface area (Å²) in [6.07, 6.45) is 0. The van der Waals surface area contributed by atoms with E-state index in [0.717, 1.165) is 5.56 Å². The van der Waals surface area contributed by atoms with Crippen LogP contribution in [0.1, 0.15) is 18.5 Å². The third-order valence-corrected chi connectivity index (χ3v) is 6.99. The Labute approximate surface area is 171 Å². The summed E-state index contributed by atoms with van der Waals surface area (Å²) in [4.78, 5) is 14.5. The van der Waals surface area contributed by atoms with Gasteiger partial charge < -0.3 is 5.32 Å². The molecule has 28 heavy (non-hydrogen) atoms. The first-order chi connectivity index (χ1) is 13.4. The summed E-state index contributed by atoms with van der Waals surface area (Å²) in [7, 11) is -3.54. The number of carbonyl (C=O) groups excluding carboxylic acids is 1. The van der Waals surface area contributed by atoms with E-state index in [-0.39, 0.29) is 23.4 Å². The highest BCUT2D eigenvalue weighted by Gasteiger charge is 2.29. The lowest BCUT2D eigenvalue weighted by molar-refractivity contribution is -0.123. The van der Waals surface area contributed by atoms with Crippen LogP contribution in [0.3, 0.4) is 0 Å². The standard InChI is InChI=1S/C20H24ClN3O3S/c1-16(17-5-3-2-4-6-17)22-20(25)15-23-11-13-24(14-12-23)28(26,27)19-9-7-18(21)8-10-19/h2-10,16H,11-15H2,1H3,(H,22,25). The summed E-state index contributed by atoms with van der Waals surface area (Å²) in [5, 5.41) is 3.49. The molecule has 1 N–H and O–H groups in total. The molecule has 2 aromatic carbocycles. The Balaban J connectivity index is 1.51. The monoisotopic (exact) mass is 421 g/mol. The van der Waals surface area contributed by atoms with Gasteiger partial charge in [-0.3, -0.25) is 9.69 Å². The molecule has 1 aliphatic heterocycles. The van der Waals surface area contributed by atoms with Gasteiger partial charge in [0.15, 0.2) is 0 Å². The number of rotatable bonds is 6. The molecular weight excluding hydrogens is 398 g/mol. The van der Waals surface area contributed by atoms with Crippen molar-refractivity contribution < 1.29 is 13.2 Å². The predicted molar refractivity (Wildman–Crippen MR) is 110 cm³/mol. The summed E-state index contributed by atoms with van der Waals surface area (Å²) < 4.78 is 26.9. The van der Waals surface area contributed by atoms with E-state index < -0.39 is 10.0 Å². The summed E-state index contributed by atoms with van der Waals surface area (Å²) in [5.41, 5.74) is 1.05. The number of piperazine rings is 1. The van der Waals surface area contributed by atoms with E-state index in [1.165, 1.54) is 16.4 Å². The molecule has 3 rings (SSSR count). The van der Waals surface area contributed by atoms with E-state index in [1.54, 1.807) is 12.1 Å². The number of nitrogens with zero attached hydrogens (tertiary/aromatic N) is 2. The van der Waals surface area contributed by atoms with Crippen LogP contribution in [0, 0.1) is 0 Å². The Morgan fingerprint density at radius 3 is 2.25 bits per heavy atom. The highest BCUT2D eigenvalue weighted by atomic mass is 35.5. The molecule has 0 spiro atoms. The number of carbonyl (C=O) groups is 1. The van der Waals surface area contributed by atoms with Crippen LogP contribution in [0.25, 0.3) is 0 Å². The Hall–Kier alpha value is -1.93. The van der Waals surface area contributed by atoms with E-state index >= 15 is 0 Å². The average molecular weight is 422 g/mol. The van der Waals surface area contributed by atoms with E-state index in [2.05, 4.69) is 5.32 Å². The fourth-order valence-electron chi connectivity index (χ4n) is 3.20. The van der Waals surface area contributed by atoms with Crippen LogP contribution in [0.5, 0.6) is 0 Å². The summed E-state index contributed by atoms with van der Waals surface area (Å²) in [5.74, 6) is -0.0645. The lowest BCUT2D eigenvalue weighted by atomic mass is 10.1. The van der Waals surface area contributed by atoms with Gasteiger partial charge in [0.25, 0.3) is 0 Å². The Bertz CT molecular complexity index is 896. The van der Waals surface area contributed by atoms with Crippen molar-refractivity contribution in [3.63, 3.8) is 0 Å². The fourth-order valence-corrected chi connectivity index (χ4v) is 4.75. The van der Waals surface area contributed by atoms with Crippen LogP contribution in [0.4, 0.5) is 0 Å². The second-order valence-electron chi connectivity index (χ2n) is 6.83. The van der Waals surface area contributed by atoms with E-state index in [1.807, 2.05) is 42.2 Å². The quantitative estimate of drug-likeness (QED) is 0.778. The number of sulfonamides is 1. The van der Waals surface area contributed by atoms with Crippen molar-refractivity contribution in [2.24, 2.45) is 0 Å². The zero-order chi connectivity index (χ0) is 20.1. The molecule has 6 nitrogen and oxygen atoms in total. The second kappa shape index (κ2) is 9.05. The summed E-state index contributed by atoms with van der Waals surface area (Å²) in [6, 6.07) is 15.9. The van der Waals surface area contributed by atoms with Crippen LogP contribution in [-0.2, 0) is 14.8 Å². The van der Waals surface area contributed by atoms with Crippen molar-refractivity contribution in [1.29, 1.82) is 0 Å². The molecule has 1 atom stereocenters. The molecule has 150 valence electrons. The first kappa shape index (κ1) is 20.8. The molecule has 2 aromatic rings. The zero-order valence-corrected chi connectivity index (χ0v) is 17.3. The van der Waals surface area contributed by atoms with Crippen LogP contribution in [0.2, 0.25) is 5.02 Å². The molecule has 1 amide bonds. The molecule has 0 bridgehead atoms. The smallest absolute Gasteiger partial charge is 0.243 e. The minimum Gasteiger partial charge on any atom is -0.348 e. The van der Waals surface area contributed by atoms with Gasteiger partial charge in [-0.15, -0.1) is 0 Å². The lowest BCUT2D eigenvalue weighted by Gasteiger charge is -2.33. The summed E-state index contributed by atoms with van der Waals surface area (Å²) >= 11 is 5.84. The zero-order valence-electron chi connectivity index (χ0n) is 15.7. The number of hydrogen-bond donors (Lipinski definition) is 1. The SMILES string of the molecule is CC(NC(=O)CN1CCN(S(=O)(=O)c2ccc(Cl)cc2)CC1)c1ccccc1. The molecule has 0 aromatic heterocycles. The maximum absolute atomic E-state index is 12.7. The first-order valence-electron chi connectivity index (χ1n) is 9.18. The molecule has 0 aliphatic carbocycles. The number of amides is 1. The molecule has 1 heterocycles. The topological polar surface area (TPSA) is 69.7 Å².